The molecule has 90 valence electrons. The van der Waals surface area contributed by atoms with Gasteiger partial charge in [-0.25, -0.2) is 0 Å². The number of piperidine rings is 1. The van der Waals surface area contributed by atoms with Gasteiger partial charge in [-0.2, -0.15) is 0 Å². The van der Waals surface area contributed by atoms with Crippen molar-refractivity contribution in [3.05, 3.63) is 20.8 Å². The van der Waals surface area contributed by atoms with E-state index in [-0.39, 0.29) is 0 Å². The molecule has 1 aliphatic heterocycles. The van der Waals surface area contributed by atoms with E-state index in [1.165, 1.54) is 40.9 Å². The lowest BCUT2D eigenvalue weighted by Gasteiger charge is -2.42. The molecule has 0 radical (unpaired) electrons. The van der Waals surface area contributed by atoms with E-state index in [4.69, 9.17) is 0 Å². The third-order valence-corrected chi connectivity index (χ3v) is 5.37. The minimum atomic E-state index is 0.336. The summed E-state index contributed by atoms with van der Waals surface area (Å²) in [5, 5.41) is 3.78. The molecule has 1 unspecified atom stereocenters. The van der Waals surface area contributed by atoms with E-state index in [9.17, 15) is 0 Å². The van der Waals surface area contributed by atoms with Gasteiger partial charge in [0.05, 0.1) is 3.79 Å². The van der Waals surface area contributed by atoms with Crippen LogP contribution in [0.3, 0.4) is 0 Å². The van der Waals surface area contributed by atoms with Gasteiger partial charge in [-0.05, 0) is 53.4 Å². The Labute approximate surface area is 111 Å². The first kappa shape index (κ1) is 12.6. The average Bonchev–Trinajstić information content (AvgIpc) is 2.65. The fraction of sp³-hybridized carbons (Fsp3) is 0.692. The summed E-state index contributed by atoms with van der Waals surface area (Å²) in [6.45, 7) is 5.88. The molecule has 1 nitrogen and oxygen atoms in total. The lowest BCUT2D eigenvalue weighted by Crippen LogP contribution is -2.53. The predicted octanol–water partition coefficient (Wildman–Crippen LogP) is 4.22. The van der Waals surface area contributed by atoms with Crippen LogP contribution >= 0.6 is 27.3 Å². The van der Waals surface area contributed by atoms with E-state index in [0.29, 0.717) is 11.5 Å². The highest BCUT2D eigenvalue weighted by atomic mass is 79.9. The minimum absolute atomic E-state index is 0.336. The first-order chi connectivity index (χ1) is 7.62. The van der Waals surface area contributed by atoms with Crippen LogP contribution in [0.5, 0.6) is 0 Å². The largest absolute Gasteiger partial charge is 0.311 e. The SMILES string of the molecule is CC(C)C1(Cc2ccc(Br)s2)CCCCN1. The molecule has 1 aromatic heterocycles. The van der Waals surface area contributed by atoms with Gasteiger partial charge in [-0.15, -0.1) is 11.3 Å². The summed E-state index contributed by atoms with van der Waals surface area (Å²) in [5.41, 5.74) is 0.336. The predicted molar refractivity (Wildman–Crippen MR) is 75.1 cm³/mol. The Hall–Kier alpha value is 0.140. The van der Waals surface area contributed by atoms with Crippen LogP contribution in [-0.4, -0.2) is 12.1 Å². The van der Waals surface area contributed by atoms with E-state index in [0.717, 1.165) is 0 Å². The third kappa shape index (κ3) is 2.69. The van der Waals surface area contributed by atoms with E-state index in [1.807, 2.05) is 11.3 Å². The maximum Gasteiger partial charge on any atom is 0.0701 e. The molecular weight excluding hydrogens is 282 g/mol. The fourth-order valence-electron chi connectivity index (χ4n) is 2.60. The van der Waals surface area contributed by atoms with Gasteiger partial charge >= 0.3 is 0 Å². The number of hydrogen-bond acceptors (Lipinski definition) is 2. The Morgan fingerprint density at radius 1 is 1.44 bits per heavy atom. The molecule has 0 spiro atoms. The quantitative estimate of drug-likeness (QED) is 0.881. The number of hydrogen-bond donors (Lipinski definition) is 1. The van der Waals surface area contributed by atoms with Crippen molar-refractivity contribution in [3.8, 4) is 0 Å². The van der Waals surface area contributed by atoms with E-state index >= 15 is 0 Å². The average molecular weight is 302 g/mol. The molecule has 0 bridgehead atoms. The maximum atomic E-state index is 3.78. The summed E-state index contributed by atoms with van der Waals surface area (Å²) < 4.78 is 1.25. The highest BCUT2D eigenvalue weighted by molar-refractivity contribution is 9.11. The highest BCUT2D eigenvalue weighted by Gasteiger charge is 2.35. The van der Waals surface area contributed by atoms with Crippen LogP contribution in [0.4, 0.5) is 0 Å². The number of nitrogens with one attached hydrogen (secondary N) is 1. The highest BCUT2D eigenvalue weighted by Crippen LogP contribution is 2.33. The van der Waals surface area contributed by atoms with Gasteiger partial charge < -0.3 is 5.32 Å². The minimum Gasteiger partial charge on any atom is -0.311 e. The van der Waals surface area contributed by atoms with Gasteiger partial charge in [0.2, 0.25) is 0 Å². The van der Waals surface area contributed by atoms with Crippen LogP contribution in [-0.2, 0) is 6.42 Å². The van der Waals surface area contributed by atoms with Crippen LogP contribution in [0.25, 0.3) is 0 Å². The van der Waals surface area contributed by atoms with Gasteiger partial charge in [0.15, 0.2) is 0 Å². The molecule has 1 aliphatic rings. The maximum absolute atomic E-state index is 3.78. The normalized spacial score (nSPS) is 26.2. The van der Waals surface area contributed by atoms with Crippen LogP contribution in [0.1, 0.15) is 38.0 Å². The Morgan fingerprint density at radius 3 is 2.75 bits per heavy atom. The van der Waals surface area contributed by atoms with Crippen molar-refractivity contribution in [2.75, 3.05) is 6.54 Å². The Morgan fingerprint density at radius 2 is 2.25 bits per heavy atom. The second kappa shape index (κ2) is 5.19. The lowest BCUT2D eigenvalue weighted by atomic mass is 9.76. The summed E-state index contributed by atoms with van der Waals surface area (Å²) in [7, 11) is 0. The lowest BCUT2D eigenvalue weighted by molar-refractivity contribution is 0.183. The fourth-order valence-corrected chi connectivity index (χ4v) is 4.20. The van der Waals surface area contributed by atoms with Crippen molar-refractivity contribution in [3.63, 3.8) is 0 Å². The Kier molecular flexibility index (Phi) is 4.09. The summed E-state index contributed by atoms with van der Waals surface area (Å²) >= 11 is 5.42. The zero-order chi connectivity index (χ0) is 11.6. The molecule has 1 aromatic rings. The third-order valence-electron chi connectivity index (χ3n) is 3.75. The van der Waals surface area contributed by atoms with Crippen LogP contribution in [0, 0.1) is 5.92 Å². The summed E-state index contributed by atoms with van der Waals surface area (Å²) in [5.74, 6) is 0.702. The van der Waals surface area contributed by atoms with Crippen molar-refractivity contribution in [2.45, 2.75) is 45.1 Å². The zero-order valence-corrected chi connectivity index (χ0v) is 12.5. The molecule has 1 N–H and O–H groups in total. The molecule has 1 fully saturated rings. The van der Waals surface area contributed by atoms with Crippen molar-refractivity contribution >= 4 is 27.3 Å². The molecule has 3 heteroatoms. The molecular formula is C13H20BrNS. The molecule has 1 saturated heterocycles. The molecule has 0 aromatic carbocycles. The van der Waals surface area contributed by atoms with Crippen molar-refractivity contribution in [1.82, 2.24) is 5.32 Å². The van der Waals surface area contributed by atoms with Gasteiger partial charge in [-0.1, -0.05) is 20.3 Å². The number of thiophene rings is 1. The first-order valence-corrected chi connectivity index (χ1v) is 7.72. The molecule has 2 heterocycles. The topological polar surface area (TPSA) is 12.0 Å². The molecule has 1 atom stereocenters. The van der Waals surface area contributed by atoms with E-state index < -0.39 is 0 Å². The first-order valence-electron chi connectivity index (χ1n) is 6.12. The number of rotatable bonds is 3. The number of halogens is 1. The van der Waals surface area contributed by atoms with Crippen LogP contribution in [0.2, 0.25) is 0 Å². The smallest absolute Gasteiger partial charge is 0.0701 e. The second-order valence-electron chi connectivity index (χ2n) is 5.08. The van der Waals surface area contributed by atoms with Crippen molar-refractivity contribution < 1.29 is 0 Å². The molecule has 16 heavy (non-hydrogen) atoms. The van der Waals surface area contributed by atoms with E-state index in [2.05, 4.69) is 47.2 Å². The van der Waals surface area contributed by atoms with Gasteiger partial charge in [-0.3, -0.25) is 0 Å². The Bertz CT molecular complexity index is 339. The van der Waals surface area contributed by atoms with Gasteiger partial charge in [0.25, 0.3) is 0 Å². The van der Waals surface area contributed by atoms with Crippen LogP contribution < -0.4 is 5.32 Å². The van der Waals surface area contributed by atoms with Gasteiger partial charge in [0, 0.05) is 16.8 Å². The van der Waals surface area contributed by atoms with Gasteiger partial charge in [0.1, 0.15) is 0 Å². The zero-order valence-electron chi connectivity index (χ0n) is 10.1. The summed E-state index contributed by atoms with van der Waals surface area (Å²) in [4.78, 5) is 1.50. The van der Waals surface area contributed by atoms with Crippen LogP contribution in [0.15, 0.2) is 15.9 Å². The monoisotopic (exact) mass is 301 g/mol. The Balaban J connectivity index is 2.13. The molecule has 0 amide bonds. The van der Waals surface area contributed by atoms with E-state index in [1.54, 1.807) is 0 Å². The molecule has 0 saturated carbocycles. The standard InChI is InChI=1S/C13H20BrNS/c1-10(2)13(7-3-4-8-15-13)9-11-5-6-12(14)16-11/h5-6,10,15H,3-4,7-9H2,1-2H3. The van der Waals surface area contributed by atoms with Crippen molar-refractivity contribution in [2.24, 2.45) is 5.92 Å². The summed E-state index contributed by atoms with van der Waals surface area (Å²) in [6, 6.07) is 4.42. The summed E-state index contributed by atoms with van der Waals surface area (Å²) in [6.07, 6.45) is 5.21. The molecule has 0 aliphatic carbocycles. The molecule has 2 rings (SSSR count). The van der Waals surface area contributed by atoms with Crippen molar-refractivity contribution in [1.29, 1.82) is 0 Å². The second-order valence-corrected chi connectivity index (χ2v) is 7.62.